The van der Waals surface area contributed by atoms with E-state index in [1.54, 1.807) is 23.1 Å². The van der Waals surface area contributed by atoms with Crippen LogP contribution in [0.1, 0.15) is 28.8 Å². The molecule has 1 amide bonds. The fraction of sp³-hybridized carbons (Fsp3) is 0.391. The highest BCUT2D eigenvalue weighted by molar-refractivity contribution is 5.94. The van der Waals surface area contributed by atoms with E-state index in [0.717, 1.165) is 19.3 Å². The normalized spacial score (nSPS) is 14.3. The number of nitrogens with zero attached hydrogens (tertiary/aromatic N) is 1. The molecule has 0 bridgehead atoms. The van der Waals surface area contributed by atoms with Crippen molar-refractivity contribution >= 4 is 11.9 Å². The van der Waals surface area contributed by atoms with Gasteiger partial charge in [0.1, 0.15) is 17.1 Å². The van der Waals surface area contributed by atoms with E-state index in [9.17, 15) is 9.59 Å². The Balaban J connectivity index is 1.48. The molecule has 6 nitrogen and oxygen atoms in total. The Labute approximate surface area is 171 Å². The average molecular weight is 397 g/mol. The van der Waals surface area contributed by atoms with E-state index < -0.39 is 5.97 Å². The second kappa shape index (κ2) is 9.96. The lowest BCUT2D eigenvalue weighted by atomic mass is 9.90. The minimum Gasteiger partial charge on any atom is -0.497 e. The number of esters is 1. The first kappa shape index (κ1) is 20.7. The SMILES string of the molecule is COc1ccc(OC)c(C(=O)OCC(=O)N2CCC(Cc3ccccc3)CC2)c1. The van der Waals surface area contributed by atoms with Crippen LogP contribution in [0.15, 0.2) is 48.5 Å². The summed E-state index contributed by atoms with van der Waals surface area (Å²) in [5, 5.41) is 0. The monoisotopic (exact) mass is 397 g/mol. The molecule has 3 rings (SSSR count). The van der Waals surface area contributed by atoms with E-state index in [1.165, 1.54) is 19.8 Å². The van der Waals surface area contributed by atoms with E-state index in [2.05, 4.69) is 24.3 Å². The van der Waals surface area contributed by atoms with Gasteiger partial charge in [-0.2, -0.15) is 0 Å². The predicted molar refractivity (Wildman–Crippen MR) is 109 cm³/mol. The van der Waals surface area contributed by atoms with Crippen LogP contribution >= 0.6 is 0 Å². The smallest absolute Gasteiger partial charge is 0.342 e. The summed E-state index contributed by atoms with van der Waals surface area (Å²) in [6.45, 7) is 1.11. The summed E-state index contributed by atoms with van der Waals surface area (Å²) in [5.41, 5.74) is 1.57. The number of likely N-dealkylation sites (tertiary alicyclic amines) is 1. The minimum absolute atomic E-state index is 0.168. The van der Waals surface area contributed by atoms with Gasteiger partial charge in [0.2, 0.25) is 0 Å². The summed E-state index contributed by atoms with van der Waals surface area (Å²) in [7, 11) is 2.99. The first-order valence-corrected chi connectivity index (χ1v) is 9.81. The van der Waals surface area contributed by atoms with E-state index >= 15 is 0 Å². The number of benzene rings is 2. The Morgan fingerprint density at radius 3 is 2.38 bits per heavy atom. The molecule has 2 aromatic carbocycles. The van der Waals surface area contributed by atoms with Gasteiger partial charge in [-0.25, -0.2) is 4.79 Å². The number of hydrogen-bond acceptors (Lipinski definition) is 5. The van der Waals surface area contributed by atoms with Gasteiger partial charge < -0.3 is 19.1 Å². The van der Waals surface area contributed by atoms with E-state index in [-0.39, 0.29) is 18.1 Å². The standard InChI is InChI=1S/C23H27NO5/c1-27-19-8-9-21(28-2)20(15-19)23(26)29-16-22(25)24-12-10-18(11-13-24)14-17-6-4-3-5-7-17/h3-9,15,18H,10-14,16H2,1-2H3. The Morgan fingerprint density at radius 1 is 1.00 bits per heavy atom. The molecule has 1 heterocycles. The summed E-state index contributed by atoms with van der Waals surface area (Å²) in [6.07, 6.45) is 2.95. The molecule has 0 spiro atoms. The van der Waals surface area contributed by atoms with Crippen LogP contribution in [0.25, 0.3) is 0 Å². The van der Waals surface area contributed by atoms with Gasteiger partial charge in [-0.1, -0.05) is 30.3 Å². The van der Waals surface area contributed by atoms with Crippen LogP contribution in [0.5, 0.6) is 11.5 Å². The third kappa shape index (κ3) is 5.50. The number of rotatable bonds is 7. The third-order valence-electron chi connectivity index (χ3n) is 5.29. The molecule has 29 heavy (non-hydrogen) atoms. The number of carbonyl (C=O) groups is 2. The van der Waals surface area contributed by atoms with Crippen molar-refractivity contribution in [3.05, 3.63) is 59.7 Å². The Hall–Kier alpha value is -3.02. The number of methoxy groups -OCH3 is 2. The zero-order chi connectivity index (χ0) is 20.6. The van der Waals surface area contributed by atoms with Crippen LogP contribution < -0.4 is 9.47 Å². The van der Waals surface area contributed by atoms with Crippen molar-refractivity contribution in [2.75, 3.05) is 33.9 Å². The molecule has 1 fully saturated rings. The Bertz CT molecular complexity index is 828. The molecular weight excluding hydrogens is 370 g/mol. The highest BCUT2D eigenvalue weighted by Gasteiger charge is 2.24. The van der Waals surface area contributed by atoms with Crippen LogP contribution in [0.2, 0.25) is 0 Å². The lowest BCUT2D eigenvalue weighted by Gasteiger charge is -2.32. The van der Waals surface area contributed by atoms with Gasteiger partial charge in [-0.3, -0.25) is 4.79 Å². The van der Waals surface area contributed by atoms with Gasteiger partial charge in [-0.15, -0.1) is 0 Å². The van der Waals surface area contributed by atoms with Crippen LogP contribution in [0.4, 0.5) is 0 Å². The highest BCUT2D eigenvalue weighted by atomic mass is 16.5. The van der Waals surface area contributed by atoms with Crippen molar-refractivity contribution < 1.29 is 23.8 Å². The van der Waals surface area contributed by atoms with Crippen molar-refractivity contribution in [3.63, 3.8) is 0 Å². The van der Waals surface area contributed by atoms with E-state index in [1.807, 2.05) is 6.07 Å². The number of ether oxygens (including phenoxy) is 3. The second-order valence-electron chi connectivity index (χ2n) is 7.16. The number of piperidine rings is 1. The summed E-state index contributed by atoms with van der Waals surface area (Å²) < 4.78 is 15.6. The zero-order valence-corrected chi connectivity index (χ0v) is 16.9. The van der Waals surface area contributed by atoms with Crippen molar-refractivity contribution in [2.45, 2.75) is 19.3 Å². The topological polar surface area (TPSA) is 65.1 Å². The van der Waals surface area contributed by atoms with Gasteiger partial charge in [0.25, 0.3) is 5.91 Å². The van der Waals surface area contributed by atoms with Crippen LogP contribution in [0.3, 0.4) is 0 Å². The van der Waals surface area contributed by atoms with E-state index in [0.29, 0.717) is 30.5 Å². The van der Waals surface area contributed by atoms with E-state index in [4.69, 9.17) is 14.2 Å². The van der Waals surface area contributed by atoms with Crippen LogP contribution in [-0.2, 0) is 16.0 Å². The zero-order valence-electron chi connectivity index (χ0n) is 16.9. The molecule has 0 aromatic heterocycles. The fourth-order valence-electron chi connectivity index (χ4n) is 3.60. The lowest BCUT2D eigenvalue weighted by Crippen LogP contribution is -2.41. The summed E-state index contributed by atoms with van der Waals surface area (Å²) in [4.78, 5) is 26.7. The summed E-state index contributed by atoms with van der Waals surface area (Å²) in [6, 6.07) is 15.3. The maximum atomic E-state index is 12.5. The van der Waals surface area contributed by atoms with Crippen molar-refractivity contribution in [1.82, 2.24) is 4.90 Å². The predicted octanol–water partition coefficient (Wildman–Crippen LogP) is 3.34. The molecule has 1 aliphatic heterocycles. The number of hydrogen-bond donors (Lipinski definition) is 0. The molecule has 0 atom stereocenters. The maximum Gasteiger partial charge on any atom is 0.342 e. The fourth-order valence-corrected chi connectivity index (χ4v) is 3.60. The maximum absolute atomic E-state index is 12.5. The van der Waals surface area contributed by atoms with Crippen LogP contribution in [-0.4, -0.2) is 50.7 Å². The molecule has 0 radical (unpaired) electrons. The average Bonchev–Trinajstić information content (AvgIpc) is 2.78. The third-order valence-corrected chi connectivity index (χ3v) is 5.29. The summed E-state index contributed by atoms with van der Waals surface area (Å²) >= 11 is 0. The van der Waals surface area contributed by atoms with Gasteiger partial charge in [0.05, 0.1) is 14.2 Å². The number of amides is 1. The van der Waals surface area contributed by atoms with Gasteiger partial charge >= 0.3 is 5.97 Å². The summed E-state index contributed by atoms with van der Waals surface area (Å²) in [5.74, 6) is 0.700. The molecule has 0 N–H and O–H groups in total. The molecule has 0 unspecified atom stereocenters. The Morgan fingerprint density at radius 2 is 1.72 bits per heavy atom. The number of carbonyl (C=O) groups excluding carboxylic acids is 2. The van der Waals surface area contributed by atoms with Crippen LogP contribution in [0, 0.1) is 5.92 Å². The molecule has 0 saturated carbocycles. The Kier molecular flexibility index (Phi) is 7.11. The first-order chi connectivity index (χ1) is 14.1. The second-order valence-corrected chi connectivity index (χ2v) is 7.16. The quantitative estimate of drug-likeness (QED) is 0.671. The largest absolute Gasteiger partial charge is 0.497 e. The first-order valence-electron chi connectivity index (χ1n) is 9.81. The van der Waals surface area contributed by atoms with Crippen molar-refractivity contribution in [1.29, 1.82) is 0 Å². The van der Waals surface area contributed by atoms with Gasteiger partial charge in [0, 0.05) is 13.1 Å². The molecule has 1 aliphatic rings. The molecule has 6 heteroatoms. The molecule has 1 saturated heterocycles. The lowest BCUT2D eigenvalue weighted by molar-refractivity contribution is -0.135. The molecule has 0 aliphatic carbocycles. The highest BCUT2D eigenvalue weighted by Crippen LogP contribution is 2.25. The molecule has 2 aromatic rings. The van der Waals surface area contributed by atoms with Gasteiger partial charge in [0.15, 0.2) is 6.61 Å². The van der Waals surface area contributed by atoms with Crippen molar-refractivity contribution in [2.24, 2.45) is 5.92 Å². The minimum atomic E-state index is -0.604. The van der Waals surface area contributed by atoms with Gasteiger partial charge in [-0.05, 0) is 48.9 Å². The van der Waals surface area contributed by atoms with Crippen molar-refractivity contribution in [3.8, 4) is 11.5 Å². The molecular formula is C23H27NO5. The molecule has 154 valence electrons.